The van der Waals surface area contributed by atoms with E-state index in [0.717, 1.165) is 17.5 Å². The SMILES string of the molecule is [C-]#[N+]c1cccc(Oc2cc(CC(=O)OCC)cc3c2OCC3)c1. The van der Waals surface area contributed by atoms with Crippen molar-refractivity contribution in [3.63, 3.8) is 0 Å². The predicted octanol–water partition coefficient (Wildman–Crippen LogP) is 4.07. The Morgan fingerprint density at radius 3 is 3.00 bits per heavy atom. The van der Waals surface area contributed by atoms with Crippen LogP contribution in [0.3, 0.4) is 0 Å². The lowest BCUT2D eigenvalue weighted by atomic mass is 10.1. The first-order chi connectivity index (χ1) is 11.7. The molecule has 0 saturated carbocycles. The van der Waals surface area contributed by atoms with E-state index in [1.807, 2.05) is 6.07 Å². The lowest BCUT2D eigenvalue weighted by Gasteiger charge is -2.12. The van der Waals surface area contributed by atoms with Crippen LogP contribution in [-0.4, -0.2) is 19.2 Å². The van der Waals surface area contributed by atoms with Gasteiger partial charge in [-0.2, -0.15) is 0 Å². The van der Waals surface area contributed by atoms with Gasteiger partial charge in [0.15, 0.2) is 17.2 Å². The highest BCUT2D eigenvalue weighted by Crippen LogP contribution is 2.40. The number of esters is 1. The third kappa shape index (κ3) is 3.49. The van der Waals surface area contributed by atoms with Crippen LogP contribution >= 0.6 is 0 Å². The zero-order valence-corrected chi connectivity index (χ0v) is 13.4. The number of hydrogen-bond donors (Lipinski definition) is 0. The second-order valence-electron chi connectivity index (χ2n) is 5.37. The van der Waals surface area contributed by atoms with Gasteiger partial charge in [0.05, 0.1) is 26.2 Å². The minimum atomic E-state index is -0.266. The summed E-state index contributed by atoms with van der Waals surface area (Å²) < 4.78 is 16.6. The fourth-order valence-corrected chi connectivity index (χ4v) is 2.64. The monoisotopic (exact) mass is 323 g/mol. The van der Waals surface area contributed by atoms with Crippen LogP contribution in [0.15, 0.2) is 36.4 Å². The molecule has 0 saturated heterocycles. The third-order valence-corrected chi connectivity index (χ3v) is 3.64. The smallest absolute Gasteiger partial charge is 0.310 e. The molecule has 122 valence electrons. The van der Waals surface area contributed by atoms with E-state index in [0.29, 0.717) is 36.1 Å². The molecule has 0 aliphatic carbocycles. The molecule has 1 aliphatic rings. The number of carbonyl (C=O) groups excluding carboxylic acids is 1. The quantitative estimate of drug-likeness (QED) is 0.615. The number of nitrogens with zero attached hydrogens (tertiary/aromatic N) is 1. The van der Waals surface area contributed by atoms with E-state index in [1.54, 1.807) is 37.3 Å². The number of hydrogen-bond acceptors (Lipinski definition) is 4. The van der Waals surface area contributed by atoms with Gasteiger partial charge in [0, 0.05) is 12.0 Å². The first-order valence-corrected chi connectivity index (χ1v) is 7.79. The highest BCUT2D eigenvalue weighted by atomic mass is 16.5. The van der Waals surface area contributed by atoms with Gasteiger partial charge in [0.2, 0.25) is 0 Å². The van der Waals surface area contributed by atoms with E-state index >= 15 is 0 Å². The highest BCUT2D eigenvalue weighted by Gasteiger charge is 2.20. The van der Waals surface area contributed by atoms with Crippen LogP contribution in [0.2, 0.25) is 0 Å². The number of ether oxygens (including phenoxy) is 3. The van der Waals surface area contributed by atoms with Crippen LogP contribution in [0.1, 0.15) is 18.1 Å². The molecule has 0 spiro atoms. The van der Waals surface area contributed by atoms with Crippen LogP contribution in [-0.2, 0) is 22.4 Å². The average molecular weight is 323 g/mol. The standard InChI is InChI=1S/C19H17NO4/c1-3-22-18(21)11-13-9-14-7-8-23-19(14)17(10-13)24-16-6-4-5-15(12-16)20-2/h4-6,9-10,12H,3,7-8,11H2,1H3. The van der Waals surface area contributed by atoms with Crippen molar-refractivity contribution in [2.45, 2.75) is 19.8 Å². The Hall–Kier alpha value is -3.00. The molecule has 2 aromatic carbocycles. The Labute approximate surface area is 140 Å². The second kappa shape index (κ2) is 7.05. The van der Waals surface area contributed by atoms with Gasteiger partial charge in [-0.15, -0.1) is 0 Å². The van der Waals surface area contributed by atoms with Crippen LogP contribution in [0.5, 0.6) is 17.2 Å². The number of carbonyl (C=O) groups is 1. The van der Waals surface area contributed by atoms with Gasteiger partial charge in [-0.1, -0.05) is 18.2 Å². The van der Waals surface area contributed by atoms with Crippen molar-refractivity contribution in [1.29, 1.82) is 0 Å². The Morgan fingerprint density at radius 2 is 2.21 bits per heavy atom. The van der Waals surface area contributed by atoms with Crippen molar-refractivity contribution >= 4 is 11.7 Å². The predicted molar refractivity (Wildman–Crippen MR) is 88.8 cm³/mol. The molecule has 1 heterocycles. The first-order valence-electron chi connectivity index (χ1n) is 7.79. The maximum absolute atomic E-state index is 11.7. The minimum Gasteiger partial charge on any atom is -0.489 e. The minimum absolute atomic E-state index is 0.194. The van der Waals surface area contributed by atoms with Crippen LogP contribution in [0.4, 0.5) is 5.69 Å². The first kappa shape index (κ1) is 15.9. The molecule has 0 radical (unpaired) electrons. The summed E-state index contributed by atoms with van der Waals surface area (Å²) in [6.45, 7) is 9.83. The molecule has 0 amide bonds. The third-order valence-electron chi connectivity index (χ3n) is 3.64. The molecule has 0 N–H and O–H groups in total. The van der Waals surface area contributed by atoms with Crippen molar-refractivity contribution < 1.29 is 19.0 Å². The lowest BCUT2D eigenvalue weighted by molar-refractivity contribution is -0.142. The van der Waals surface area contributed by atoms with Gasteiger partial charge in [0.25, 0.3) is 0 Å². The zero-order valence-electron chi connectivity index (χ0n) is 13.4. The highest BCUT2D eigenvalue weighted by molar-refractivity contribution is 5.73. The molecule has 0 atom stereocenters. The van der Waals surface area contributed by atoms with E-state index in [9.17, 15) is 4.79 Å². The van der Waals surface area contributed by atoms with Crippen molar-refractivity contribution in [2.24, 2.45) is 0 Å². The zero-order chi connectivity index (χ0) is 16.9. The molecule has 5 heteroatoms. The average Bonchev–Trinajstić information content (AvgIpc) is 3.04. The summed E-state index contributed by atoms with van der Waals surface area (Å²) in [7, 11) is 0. The van der Waals surface area contributed by atoms with E-state index in [4.69, 9.17) is 20.8 Å². The summed E-state index contributed by atoms with van der Waals surface area (Å²) in [5, 5.41) is 0. The van der Waals surface area contributed by atoms with E-state index in [2.05, 4.69) is 4.85 Å². The van der Waals surface area contributed by atoms with Crippen molar-refractivity contribution in [3.05, 3.63) is 58.9 Å². The van der Waals surface area contributed by atoms with E-state index in [1.165, 1.54) is 0 Å². The molecular formula is C19H17NO4. The number of rotatable bonds is 5. The summed E-state index contributed by atoms with van der Waals surface area (Å²) in [6.07, 6.45) is 0.976. The molecule has 24 heavy (non-hydrogen) atoms. The molecule has 0 fully saturated rings. The van der Waals surface area contributed by atoms with Crippen molar-refractivity contribution in [2.75, 3.05) is 13.2 Å². The van der Waals surface area contributed by atoms with Gasteiger partial charge >= 0.3 is 5.97 Å². The Bertz CT molecular complexity index is 807. The topological polar surface area (TPSA) is 49.1 Å². The molecule has 1 aliphatic heterocycles. The molecule has 0 bridgehead atoms. The van der Waals surface area contributed by atoms with Crippen molar-refractivity contribution in [1.82, 2.24) is 0 Å². The van der Waals surface area contributed by atoms with E-state index in [-0.39, 0.29) is 12.4 Å². The Morgan fingerprint density at radius 1 is 1.33 bits per heavy atom. The van der Waals surface area contributed by atoms with Gasteiger partial charge in [-0.25, -0.2) is 4.85 Å². The molecule has 0 aromatic heterocycles. The lowest BCUT2D eigenvalue weighted by Crippen LogP contribution is -2.07. The fourth-order valence-electron chi connectivity index (χ4n) is 2.64. The summed E-state index contributed by atoms with van der Waals surface area (Å²) >= 11 is 0. The molecular weight excluding hydrogens is 306 g/mol. The van der Waals surface area contributed by atoms with Crippen molar-refractivity contribution in [3.8, 4) is 17.2 Å². The summed E-state index contributed by atoms with van der Waals surface area (Å²) in [5.74, 6) is 1.56. The van der Waals surface area contributed by atoms with Gasteiger partial charge < -0.3 is 14.2 Å². The molecule has 0 unspecified atom stereocenters. The van der Waals surface area contributed by atoms with Crippen LogP contribution in [0, 0.1) is 6.57 Å². The summed E-state index contributed by atoms with van der Waals surface area (Å²) in [6, 6.07) is 10.7. The summed E-state index contributed by atoms with van der Waals surface area (Å²) in [4.78, 5) is 15.1. The normalized spacial score (nSPS) is 12.0. The second-order valence-corrected chi connectivity index (χ2v) is 5.37. The maximum Gasteiger partial charge on any atom is 0.310 e. The maximum atomic E-state index is 11.7. The van der Waals surface area contributed by atoms with Crippen LogP contribution < -0.4 is 9.47 Å². The Balaban J connectivity index is 1.90. The van der Waals surface area contributed by atoms with E-state index < -0.39 is 0 Å². The largest absolute Gasteiger partial charge is 0.489 e. The fraction of sp³-hybridized carbons (Fsp3) is 0.263. The molecule has 2 aromatic rings. The molecule has 5 nitrogen and oxygen atoms in total. The number of fused-ring (bicyclic) bond motifs is 1. The molecule has 3 rings (SSSR count). The van der Waals surface area contributed by atoms with Gasteiger partial charge in [-0.05, 0) is 30.7 Å². The summed E-state index contributed by atoms with van der Waals surface area (Å²) in [5.41, 5.74) is 2.36. The number of benzene rings is 2. The Kier molecular flexibility index (Phi) is 4.66. The van der Waals surface area contributed by atoms with Crippen LogP contribution in [0.25, 0.3) is 4.85 Å². The van der Waals surface area contributed by atoms with Gasteiger partial charge in [-0.3, -0.25) is 4.79 Å². The van der Waals surface area contributed by atoms with Gasteiger partial charge in [0.1, 0.15) is 5.75 Å².